The fourth-order valence-corrected chi connectivity index (χ4v) is 14.7. The first-order valence-electron chi connectivity index (χ1n) is 39.5. The van der Waals surface area contributed by atoms with Gasteiger partial charge in [0.1, 0.15) is 42.9 Å². The van der Waals surface area contributed by atoms with Crippen LogP contribution in [0.25, 0.3) is 11.4 Å². The number of aliphatic imine (C=N–C) groups is 1. The molecule has 2 fully saturated rings. The summed E-state index contributed by atoms with van der Waals surface area (Å²) < 4.78 is 29.4. The molecule has 3 aliphatic rings. The molecule has 0 bridgehead atoms. The van der Waals surface area contributed by atoms with Gasteiger partial charge in [-0.3, -0.25) is 19.2 Å². The summed E-state index contributed by atoms with van der Waals surface area (Å²) in [6.45, 7) is 69.9. The molecule has 107 heavy (non-hydrogen) atoms. The van der Waals surface area contributed by atoms with E-state index in [2.05, 4.69) is 120 Å². The van der Waals surface area contributed by atoms with E-state index >= 15 is 14.4 Å². The first kappa shape index (κ1) is 99.3. The van der Waals surface area contributed by atoms with E-state index in [1.165, 1.54) is 13.8 Å². The summed E-state index contributed by atoms with van der Waals surface area (Å²) in [5, 5.41) is 25.9. The molecule has 2 saturated carbocycles. The molecule has 2 aliphatic carbocycles. The Labute approximate surface area is 658 Å². The van der Waals surface area contributed by atoms with Gasteiger partial charge < -0.3 is 54.5 Å². The Kier molecular flexibility index (Phi) is 38.0. The molecule has 0 saturated heterocycles. The minimum atomic E-state index is -1.02. The number of carboxylic acids is 1. The Hall–Kier alpha value is -5.75. The summed E-state index contributed by atoms with van der Waals surface area (Å²) in [5.41, 5.74) is -0.500. The molecule has 1 aromatic heterocycles. The SMILES string of the molecule is C=C(C)C(=O)O.C=C(C)C(=O)OCC(O)COC(=O)C(C)(C)CC.CCC(C)(C)C(=O)OCCCC(CC)(CC)C(=O)N=C1[N-]C(=Cc2[nH]c(NC(=O)C(CC)(CC)CC)c(C(=O)OC3C(C(C)(C)C)CC(C)CC3C(C)(C)C)c2C(C)C)C(C(C)C)=C1C(=O)OC1C(C(C)(C)C)CC(C)CC1C(C)(C)C.[Zn]. The van der Waals surface area contributed by atoms with E-state index in [-0.39, 0.29) is 154 Å². The average molecular weight is 1550 g/mol. The van der Waals surface area contributed by atoms with Crippen molar-refractivity contribution in [3.63, 3.8) is 0 Å². The van der Waals surface area contributed by atoms with E-state index in [9.17, 15) is 29.1 Å². The third kappa shape index (κ3) is 27.0. The summed E-state index contributed by atoms with van der Waals surface area (Å²) in [7, 11) is 0. The number of hydrogen-bond acceptors (Lipinski definition) is 14. The molecule has 2 amide bonds. The van der Waals surface area contributed by atoms with E-state index in [0.29, 0.717) is 92.2 Å². The van der Waals surface area contributed by atoms with Crippen molar-refractivity contribution in [1.29, 1.82) is 0 Å². The van der Waals surface area contributed by atoms with Crippen LogP contribution in [0.15, 0.2) is 46.1 Å². The number of carbonyl (C=O) groups is 8. The zero-order valence-corrected chi connectivity index (χ0v) is 75.4. The van der Waals surface area contributed by atoms with E-state index in [0.717, 1.165) is 25.7 Å². The number of carboxylic acid groups (broad SMARTS) is 1. The molecule has 606 valence electrons. The van der Waals surface area contributed by atoms with Crippen molar-refractivity contribution in [2.75, 3.05) is 25.1 Å². The predicted molar refractivity (Wildman–Crippen MR) is 427 cm³/mol. The van der Waals surface area contributed by atoms with Crippen molar-refractivity contribution in [2.24, 2.45) is 89.7 Å². The van der Waals surface area contributed by atoms with Crippen LogP contribution < -0.4 is 5.32 Å². The topological polar surface area (TPSA) is 277 Å². The molecule has 0 aromatic carbocycles. The number of aromatic nitrogens is 1. The van der Waals surface area contributed by atoms with Crippen molar-refractivity contribution in [3.8, 4) is 0 Å². The van der Waals surface area contributed by atoms with Gasteiger partial charge in [-0.25, -0.2) is 19.2 Å². The number of aromatic amines is 1. The maximum absolute atomic E-state index is 15.7. The van der Waals surface area contributed by atoms with Gasteiger partial charge in [-0.15, -0.1) is 0 Å². The number of esters is 5. The van der Waals surface area contributed by atoms with Crippen molar-refractivity contribution in [3.05, 3.63) is 63.3 Å². The van der Waals surface area contributed by atoms with E-state index in [1.807, 2.05) is 96.1 Å². The zero-order chi connectivity index (χ0) is 82.1. The van der Waals surface area contributed by atoms with Crippen LogP contribution >= 0.6 is 0 Å². The number of nitrogens with one attached hydrogen (secondary N) is 2. The number of ether oxygens (including phenoxy) is 5. The maximum atomic E-state index is 15.7. The molecule has 2 heterocycles. The van der Waals surface area contributed by atoms with Gasteiger partial charge in [0, 0.05) is 70.8 Å². The second kappa shape index (κ2) is 41.0. The van der Waals surface area contributed by atoms with Crippen LogP contribution in [-0.4, -0.2) is 107 Å². The molecular formula is C87H145N4O15Zn-. The first-order chi connectivity index (χ1) is 48.5. The number of allylic oxidation sites excluding steroid dienone is 1. The molecule has 19 nitrogen and oxygen atoms in total. The van der Waals surface area contributed by atoms with Crippen LogP contribution in [0.1, 0.15) is 326 Å². The molecule has 5 unspecified atom stereocenters. The minimum absolute atomic E-state index is 0. The number of H-pyrrole nitrogens is 1. The number of amides is 2. The fraction of sp³-hybridized carbons (Fsp3) is 0.759. The first-order valence-corrected chi connectivity index (χ1v) is 39.5. The van der Waals surface area contributed by atoms with E-state index < -0.39 is 63.7 Å². The van der Waals surface area contributed by atoms with Crippen LogP contribution in [0.2, 0.25) is 0 Å². The summed E-state index contributed by atoms with van der Waals surface area (Å²) in [6, 6.07) is 0. The molecule has 20 heteroatoms. The molecule has 0 spiro atoms. The van der Waals surface area contributed by atoms with Gasteiger partial charge in [-0.05, 0) is 199 Å². The van der Waals surface area contributed by atoms with Crippen molar-refractivity contribution in [1.82, 2.24) is 4.98 Å². The number of aliphatic carboxylic acids is 1. The van der Waals surface area contributed by atoms with E-state index in [4.69, 9.17) is 39.1 Å². The quantitative estimate of drug-likeness (QED) is 0.0191. The number of aliphatic hydroxyl groups excluding tert-OH is 1. The molecule has 5 atom stereocenters. The molecule has 4 rings (SSSR count). The normalized spacial score (nSPS) is 21.4. The largest absolute Gasteiger partial charge is 0.478 e. The van der Waals surface area contributed by atoms with Crippen LogP contribution in [0.3, 0.4) is 0 Å². The average Bonchev–Trinajstić information content (AvgIpc) is 1.68. The number of rotatable bonds is 29. The summed E-state index contributed by atoms with van der Waals surface area (Å²) in [4.78, 5) is 115. The number of amidine groups is 1. The second-order valence-electron chi connectivity index (χ2n) is 37.2. The van der Waals surface area contributed by atoms with E-state index in [1.54, 1.807) is 13.8 Å². The molecule has 1 aliphatic heterocycles. The van der Waals surface area contributed by atoms with Gasteiger partial charge in [-0.1, -0.05) is 186 Å². The molecule has 1 aromatic rings. The Bertz CT molecular complexity index is 3240. The van der Waals surface area contributed by atoms with Crippen LogP contribution in [0.4, 0.5) is 5.82 Å². The van der Waals surface area contributed by atoms with Crippen LogP contribution in [0, 0.1) is 84.7 Å². The predicted octanol–water partition coefficient (Wildman–Crippen LogP) is 20.5. The number of nitrogens with zero attached hydrogens (tertiary/aromatic N) is 2. The number of aliphatic hydroxyl groups is 1. The zero-order valence-electron chi connectivity index (χ0n) is 72.5. The van der Waals surface area contributed by atoms with Crippen molar-refractivity contribution in [2.45, 2.75) is 322 Å². The maximum Gasteiger partial charge on any atom is 0.342 e. The number of anilines is 1. The van der Waals surface area contributed by atoms with Gasteiger partial charge in [0.2, 0.25) is 5.91 Å². The summed E-state index contributed by atoms with van der Waals surface area (Å²) in [5.74, 6) is -2.99. The Morgan fingerprint density at radius 2 is 0.981 bits per heavy atom. The van der Waals surface area contributed by atoms with Crippen LogP contribution in [0.5, 0.6) is 0 Å². The monoisotopic (exact) mass is 1550 g/mol. The minimum Gasteiger partial charge on any atom is -0.478 e. The Morgan fingerprint density at radius 1 is 0.589 bits per heavy atom. The van der Waals surface area contributed by atoms with Gasteiger partial charge in [0.25, 0.3) is 0 Å². The smallest absolute Gasteiger partial charge is 0.342 e. The molecular weight excluding hydrogens is 1410 g/mol. The third-order valence-electron chi connectivity index (χ3n) is 23.3. The second-order valence-corrected chi connectivity index (χ2v) is 37.2. The fourth-order valence-electron chi connectivity index (χ4n) is 14.7. The molecule has 0 radical (unpaired) electrons. The number of carbonyl (C=O) groups excluding carboxylic acids is 7. The Morgan fingerprint density at radius 3 is 1.34 bits per heavy atom. The molecule has 4 N–H and O–H groups in total. The van der Waals surface area contributed by atoms with Gasteiger partial charge in [0.15, 0.2) is 5.91 Å². The van der Waals surface area contributed by atoms with Crippen LogP contribution in [-0.2, 0) is 76.7 Å². The third-order valence-corrected chi connectivity index (χ3v) is 23.3. The van der Waals surface area contributed by atoms with Crippen molar-refractivity contribution >= 4 is 65.4 Å². The summed E-state index contributed by atoms with van der Waals surface area (Å²) >= 11 is 0. The van der Waals surface area contributed by atoms with Gasteiger partial charge >= 0.3 is 35.8 Å². The summed E-state index contributed by atoms with van der Waals surface area (Å²) in [6.07, 6.45) is 8.57. The van der Waals surface area contributed by atoms with Gasteiger partial charge in [0.05, 0.1) is 23.0 Å². The number of hydrogen-bond donors (Lipinski definition) is 4. The van der Waals surface area contributed by atoms with Gasteiger partial charge in [-0.2, -0.15) is 0 Å². The Balaban J connectivity index is 0.00000195. The standard InChI is InChI=1S/C70H118N4O8.C13H22O5.C4H6O2.Zn/c1-27-68(25,26)63(79)80-35-33-34-70(31-5,32-6)62(78)74-58-54(60(76)82-56-47(66(19,20)21)38-44(12)39-48(56)67(22,23)24)52(42(9)10)50(72-58)40-49-51(41(7)8)53(57(71-49)73-61(77)69(28-2,29-3)30-4)59(75)81-55-45(64(13,14)15)36-43(11)37-46(55)65(16,17)18;1-6-13(4,5)12(16)18-8-10(14)7-17-11(15)9(2)3;1-3(2)4(5)6;/h40-48,55-56H,27-39H2,1-26H3,(H3,71,72,73,74,75,76,77,78);10,14H,2,6-8H2,1,3-5H3;1H2,2H3,(H,5,6);/p-1. The van der Waals surface area contributed by atoms with Crippen molar-refractivity contribution < 1.29 is 91.7 Å².